The molecule has 0 saturated heterocycles. The molecule has 4 heteroatoms. The molecule has 1 aromatic rings. The molecule has 0 spiro atoms. The van der Waals surface area contributed by atoms with Gasteiger partial charge >= 0.3 is 0 Å². The van der Waals surface area contributed by atoms with Gasteiger partial charge < -0.3 is 5.73 Å². The fourth-order valence-corrected chi connectivity index (χ4v) is 1.23. The Kier molecular flexibility index (Phi) is 3.42. The van der Waals surface area contributed by atoms with Crippen molar-refractivity contribution < 1.29 is 0 Å². The molecule has 0 fully saturated rings. The molecule has 2 N–H and O–H groups in total. The fraction of sp³-hybridized carbons (Fsp3) is 0.778. The lowest BCUT2D eigenvalue weighted by molar-refractivity contribution is 0.460. The van der Waals surface area contributed by atoms with Gasteiger partial charge in [-0.05, 0) is 12.8 Å². The van der Waals surface area contributed by atoms with E-state index in [1.807, 2.05) is 11.6 Å². The minimum atomic E-state index is 0.148. The Bertz CT molecular complexity index is 227. The summed E-state index contributed by atoms with van der Waals surface area (Å²) < 4.78 is 1.94. The molecule has 74 valence electrons. The molecule has 0 saturated carbocycles. The van der Waals surface area contributed by atoms with Crippen LogP contribution in [0.5, 0.6) is 0 Å². The van der Waals surface area contributed by atoms with Crippen molar-refractivity contribution >= 4 is 0 Å². The summed E-state index contributed by atoms with van der Waals surface area (Å²) in [5.74, 6) is 1.58. The third-order valence-corrected chi connectivity index (χ3v) is 1.74. The van der Waals surface area contributed by atoms with Gasteiger partial charge in [0.15, 0.2) is 0 Å². The van der Waals surface area contributed by atoms with Crippen LogP contribution in [0.4, 0.5) is 0 Å². The summed E-state index contributed by atoms with van der Waals surface area (Å²) in [6.07, 6.45) is 2.40. The summed E-state index contributed by atoms with van der Waals surface area (Å²) in [6.45, 7) is 7.23. The first kappa shape index (κ1) is 10.2. The zero-order valence-electron chi connectivity index (χ0n) is 8.57. The second-order valence-corrected chi connectivity index (χ2v) is 3.93. The van der Waals surface area contributed by atoms with Crippen molar-refractivity contribution in [3.8, 4) is 0 Å². The van der Waals surface area contributed by atoms with Gasteiger partial charge in [-0.2, -0.15) is 5.10 Å². The van der Waals surface area contributed by atoms with Crippen LogP contribution in [0.25, 0.3) is 0 Å². The molecular weight excluding hydrogens is 164 g/mol. The quantitative estimate of drug-likeness (QED) is 0.750. The predicted octanol–water partition coefficient (Wildman–Crippen LogP) is 0.824. The first-order chi connectivity index (χ1) is 6.09. The number of hydrogen-bond acceptors (Lipinski definition) is 3. The molecule has 1 heterocycles. The van der Waals surface area contributed by atoms with E-state index in [4.69, 9.17) is 5.73 Å². The Hall–Kier alpha value is -0.900. The predicted molar refractivity (Wildman–Crippen MR) is 52.2 cm³/mol. The Balaban J connectivity index is 2.65. The molecule has 0 radical (unpaired) electrons. The standard InChI is InChI=1S/C9H18N4/c1-7(2)5-13-9(4-8(3)10)11-6-12-13/h6-8H,4-5,10H2,1-3H3. The first-order valence-electron chi connectivity index (χ1n) is 4.72. The molecule has 0 bridgehead atoms. The van der Waals surface area contributed by atoms with E-state index in [0.717, 1.165) is 18.8 Å². The lowest BCUT2D eigenvalue weighted by Crippen LogP contribution is -2.21. The summed E-state index contributed by atoms with van der Waals surface area (Å²) in [4.78, 5) is 4.18. The summed E-state index contributed by atoms with van der Waals surface area (Å²) >= 11 is 0. The Morgan fingerprint density at radius 3 is 2.69 bits per heavy atom. The van der Waals surface area contributed by atoms with Crippen LogP contribution < -0.4 is 5.73 Å². The van der Waals surface area contributed by atoms with Crippen molar-refractivity contribution in [1.82, 2.24) is 14.8 Å². The third kappa shape index (κ3) is 3.14. The average Bonchev–Trinajstić information content (AvgIpc) is 2.34. The second-order valence-electron chi connectivity index (χ2n) is 3.93. The highest BCUT2D eigenvalue weighted by atomic mass is 15.3. The van der Waals surface area contributed by atoms with Gasteiger partial charge in [-0.1, -0.05) is 13.8 Å². The van der Waals surface area contributed by atoms with Crippen LogP contribution in [0.3, 0.4) is 0 Å². The van der Waals surface area contributed by atoms with Gasteiger partial charge in [0.05, 0.1) is 0 Å². The molecule has 4 nitrogen and oxygen atoms in total. The highest BCUT2D eigenvalue weighted by Gasteiger charge is 2.07. The van der Waals surface area contributed by atoms with E-state index >= 15 is 0 Å². The molecule has 1 rings (SSSR count). The molecule has 0 aromatic carbocycles. The van der Waals surface area contributed by atoms with E-state index < -0.39 is 0 Å². The normalized spacial score (nSPS) is 13.6. The number of hydrogen-bond donors (Lipinski definition) is 1. The molecular formula is C9H18N4. The van der Waals surface area contributed by atoms with Crippen LogP contribution in [-0.4, -0.2) is 20.8 Å². The van der Waals surface area contributed by atoms with Gasteiger partial charge in [-0.3, -0.25) is 0 Å². The zero-order chi connectivity index (χ0) is 9.84. The SMILES string of the molecule is CC(C)Cn1ncnc1CC(C)N. The minimum Gasteiger partial charge on any atom is -0.328 e. The average molecular weight is 182 g/mol. The third-order valence-electron chi connectivity index (χ3n) is 1.74. The second kappa shape index (κ2) is 4.37. The van der Waals surface area contributed by atoms with Crippen LogP contribution in [0.15, 0.2) is 6.33 Å². The van der Waals surface area contributed by atoms with Gasteiger partial charge in [0.25, 0.3) is 0 Å². The van der Waals surface area contributed by atoms with Crippen molar-refractivity contribution in [2.24, 2.45) is 11.7 Å². The molecule has 0 aliphatic carbocycles. The summed E-state index contributed by atoms with van der Waals surface area (Å²) in [7, 11) is 0. The van der Waals surface area contributed by atoms with E-state index in [9.17, 15) is 0 Å². The van der Waals surface area contributed by atoms with E-state index in [1.165, 1.54) is 0 Å². The van der Waals surface area contributed by atoms with Gasteiger partial charge in [0.1, 0.15) is 12.2 Å². The van der Waals surface area contributed by atoms with Crippen LogP contribution in [0.2, 0.25) is 0 Å². The molecule has 0 aliphatic rings. The molecule has 1 unspecified atom stereocenters. The lowest BCUT2D eigenvalue weighted by atomic mass is 10.2. The lowest BCUT2D eigenvalue weighted by Gasteiger charge is -2.09. The van der Waals surface area contributed by atoms with Crippen LogP contribution >= 0.6 is 0 Å². The zero-order valence-corrected chi connectivity index (χ0v) is 8.57. The number of nitrogens with zero attached hydrogens (tertiary/aromatic N) is 3. The smallest absolute Gasteiger partial charge is 0.138 e. The highest BCUT2D eigenvalue weighted by molar-refractivity contribution is 4.87. The topological polar surface area (TPSA) is 56.7 Å². The highest BCUT2D eigenvalue weighted by Crippen LogP contribution is 2.02. The Labute approximate surface area is 79.2 Å². The largest absolute Gasteiger partial charge is 0.328 e. The molecule has 1 atom stereocenters. The monoisotopic (exact) mass is 182 g/mol. The first-order valence-corrected chi connectivity index (χ1v) is 4.72. The van der Waals surface area contributed by atoms with E-state index in [2.05, 4.69) is 23.9 Å². The van der Waals surface area contributed by atoms with Gasteiger partial charge in [0.2, 0.25) is 0 Å². The summed E-state index contributed by atoms with van der Waals surface area (Å²) in [5, 5.41) is 4.16. The van der Waals surface area contributed by atoms with Crippen molar-refractivity contribution in [2.45, 2.75) is 39.8 Å². The maximum absolute atomic E-state index is 5.70. The molecule has 0 amide bonds. The number of aromatic nitrogens is 3. The van der Waals surface area contributed by atoms with Crippen LogP contribution in [0, 0.1) is 5.92 Å². The van der Waals surface area contributed by atoms with E-state index in [1.54, 1.807) is 6.33 Å². The molecule has 13 heavy (non-hydrogen) atoms. The fourth-order valence-electron chi connectivity index (χ4n) is 1.23. The van der Waals surface area contributed by atoms with Crippen molar-refractivity contribution in [3.63, 3.8) is 0 Å². The minimum absolute atomic E-state index is 0.148. The van der Waals surface area contributed by atoms with Gasteiger partial charge in [-0.25, -0.2) is 9.67 Å². The summed E-state index contributed by atoms with van der Waals surface area (Å²) in [5.41, 5.74) is 5.70. The molecule has 1 aromatic heterocycles. The Morgan fingerprint density at radius 2 is 2.15 bits per heavy atom. The van der Waals surface area contributed by atoms with Gasteiger partial charge in [0, 0.05) is 19.0 Å². The van der Waals surface area contributed by atoms with Crippen molar-refractivity contribution in [3.05, 3.63) is 12.2 Å². The maximum atomic E-state index is 5.70. The number of rotatable bonds is 4. The maximum Gasteiger partial charge on any atom is 0.138 e. The van der Waals surface area contributed by atoms with E-state index in [-0.39, 0.29) is 6.04 Å². The van der Waals surface area contributed by atoms with Gasteiger partial charge in [-0.15, -0.1) is 0 Å². The van der Waals surface area contributed by atoms with Crippen LogP contribution in [0.1, 0.15) is 26.6 Å². The molecule has 0 aliphatic heterocycles. The number of nitrogens with two attached hydrogens (primary N) is 1. The van der Waals surface area contributed by atoms with Crippen molar-refractivity contribution in [1.29, 1.82) is 0 Å². The van der Waals surface area contributed by atoms with Crippen LogP contribution in [-0.2, 0) is 13.0 Å². The summed E-state index contributed by atoms with van der Waals surface area (Å²) in [6, 6.07) is 0.148. The van der Waals surface area contributed by atoms with E-state index in [0.29, 0.717) is 5.92 Å². The van der Waals surface area contributed by atoms with Crippen molar-refractivity contribution in [2.75, 3.05) is 0 Å². The Morgan fingerprint density at radius 1 is 1.46 bits per heavy atom.